The van der Waals surface area contributed by atoms with Crippen molar-refractivity contribution in [2.45, 2.75) is 40.2 Å². The van der Waals surface area contributed by atoms with Gasteiger partial charge in [0.15, 0.2) is 5.17 Å². The first-order valence-electron chi connectivity index (χ1n) is 6.59. The highest BCUT2D eigenvalue weighted by molar-refractivity contribution is 8.14. The van der Waals surface area contributed by atoms with Gasteiger partial charge in [0.2, 0.25) is 0 Å². The Kier molecular flexibility index (Phi) is 6.97. The summed E-state index contributed by atoms with van der Waals surface area (Å²) in [6.07, 6.45) is 1.23. The Morgan fingerprint density at radius 2 is 2.12 bits per heavy atom. The predicted molar refractivity (Wildman–Crippen MR) is 76.8 cm³/mol. The molecule has 0 aromatic heterocycles. The molecule has 1 aliphatic heterocycles. The number of amidine groups is 1. The van der Waals surface area contributed by atoms with Gasteiger partial charge in [-0.2, -0.15) is 0 Å². The normalized spacial score (nSPS) is 22.7. The van der Waals surface area contributed by atoms with E-state index in [1.54, 1.807) is 0 Å². The average molecular weight is 258 g/mol. The maximum atomic E-state index is 5.50. The van der Waals surface area contributed by atoms with Gasteiger partial charge in [-0.15, -0.1) is 0 Å². The topological polar surface area (TPSA) is 33.6 Å². The molecule has 1 atom stereocenters. The Balaban J connectivity index is 2.11. The van der Waals surface area contributed by atoms with Crippen molar-refractivity contribution < 1.29 is 4.74 Å². The van der Waals surface area contributed by atoms with E-state index in [0.29, 0.717) is 12.0 Å². The fourth-order valence-electron chi connectivity index (χ4n) is 1.76. The first kappa shape index (κ1) is 14.8. The van der Waals surface area contributed by atoms with Gasteiger partial charge in [0.05, 0.1) is 13.2 Å². The van der Waals surface area contributed by atoms with E-state index in [9.17, 15) is 0 Å². The second kappa shape index (κ2) is 7.98. The van der Waals surface area contributed by atoms with Crippen LogP contribution in [0.2, 0.25) is 0 Å². The van der Waals surface area contributed by atoms with E-state index in [2.05, 4.69) is 38.0 Å². The van der Waals surface area contributed by atoms with Gasteiger partial charge in [-0.25, -0.2) is 0 Å². The second-order valence-electron chi connectivity index (χ2n) is 5.44. The van der Waals surface area contributed by atoms with E-state index < -0.39 is 0 Å². The Hall–Kier alpha value is -0.220. The van der Waals surface area contributed by atoms with Crippen LogP contribution in [0, 0.1) is 11.8 Å². The summed E-state index contributed by atoms with van der Waals surface area (Å²) in [4.78, 5) is 4.52. The summed E-state index contributed by atoms with van der Waals surface area (Å²) in [6, 6.07) is 0.607. The number of rotatable bonds is 7. The fourth-order valence-corrected chi connectivity index (χ4v) is 2.77. The summed E-state index contributed by atoms with van der Waals surface area (Å²) in [6.45, 7) is 11.2. The highest BCUT2D eigenvalue weighted by Crippen LogP contribution is 2.18. The van der Waals surface area contributed by atoms with E-state index in [1.807, 2.05) is 11.8 Å². The van der Waals surface area contributed by atoms with Crippen LogP contribution in [0.15, 0.2) is 4.99 Å². The molecule has 0 aromatic carbocycles. The highest BCUT2D eigenvalue weighted by atomic mass is 32.2. The van der Waals surface area contributed by atoms with Gasteiger partial charge in [0.25, 0.3) is 0 Å². The first-order chi connectivity index (χ1) is 8.08. The van der Waals surface area contributed by atoms with Crippen molar-refractivity contribution >= 4 is 16.9 Å². The van der Waals surface area contributed by atoms with Crippen molar-refractivity contribution in [3.63, 3.8) is 0 Å². The summed E-state index contributed by atoms with van der Waals surface area (Å²) in [7, 11) is 0. The van der Waals surface area contributed by atoms with Crippen LogP contribution in [0.3, 0.4) is 0 Å². The van der Waals surface area contributed by atoms with Gasteiger partial charge in [-0.05, 0) is 18.3 Å². The van der Waals surface area contributed by atoms with Crippen molar-refractivity contribution in [3.8, 4) is 0 Å². The highest BCUT2D eigenvalue weighted by Gasteiger charge is 2.20. The molecule has 0 aromatic rings. The molecule has 3 nitrogen and oxygen atoms in total. The minimum Gasteiger partial charge on any atom is -0.379 e. The monoisotopic (exact) mass is 258 g/mol. The predicted octanol–water partition coefficient (Wildman–Crippen LogP) is 2.77. The largest absolute Gasteiger partial charge is 0.379 e. The minimum absolute atomic E-state index is 0.607. The molecule has 0 amide bonds. The van der Waals surface area contributed by atoms with Crippen LogP contribution >= 0.6 is 11.8 Å². The molecule has 17 heavy (non-hydrogen) atoms. The van der Waals surface area contributed by atoms with E-state index in [1.165, 1.54) is 6.42 Å². The summed E-state index contributed by atoms with van der Waals surface area (Å²) in [5.41, 5.74) is 0. The quantitative estimate of drug-likeness (QED) is 0.713. The van der Waals surface area contributed by atoms with Crippen molar-refractivity contribution in [3.05, 3.63) is 0 Å². The molecule has 0 radical (unpaired) electrons. The van der Waals surface area contributed by atoms with Crippen LogP contribution < -0.4 is 5.32 Å². The number of aliphatic imine (C=N–C) groups is 1. The molecule has 1 saturated heterocycles. The van der Waals surface area contributed by atoms with E-state index in [-0.39, 0.29) is 0 Å². The van der Waals surface area contributed by atoms with Crippen molar-refractivity contribution in [1.82, 2.24) is 5.32 Å². The second-order valence-corrected chi connectivity index (χ2v) is 6.45. The third-order valence-electron chi connectivity index (χ3n) is 2.45. The van der Waals surface area contributed by atoms with E-state index in [4.69, 9.17) is 4.74 Å². The maximum absolute atomic E-state index is 5.50. The lowest BCUT2D eigenvalue weighted by Gasteiger charge is -2.11. The molecule has 4 heteroatoms. The lowest BCUT2D eigenvalue weighted by atomic mass is 10.1. The zero-order valence-corrected chi connectivity index (χ0v) is 12.3. The molecule has 0 aliphatic carbocycles. The Bertz CT molecular complexity index is 242. The molecule has 100 valence electrons. The smallest absolute Gasteiger partial charge is 0.156 e. The van der Waals surface area contributed by atoms with Gasteiger partial charge in [-0.3, -0.25) is 4.99 Å². The number of hydrogen-bond donors (Lipinski definition) is 1. The molecule has 1 unspecified atom stereocenters. The number of ether oxygens (including phenoxy) is 1. The molecule has 1 heterocycles. The Morgan fingerprint density at radius 3 is 2.76 bits per heavy atom. The molecule has 1 N–H and O–H groups in total. The minimum atomic E-state index is 0.607. The third-order valence-corrected chi connectivity index (χ3v) is 3.54. The summed E-state index contributed by atoms with van der Waals surface area (Å²) >= 11 is 1.84. The maximum Gasteiger partial charge on any atom is 0.156 e. The Labute approximate surface area is 110 Å². The third kappa shape index (κ3) is 6.94. The van der Waals surface area contributed by atoms with Crippen LogP contribution in [-0.4, -0.2) is 36.7 Å². The van der Waals surface area contributed by atoms with Crippen molar-refractivity contribution in [1.29, 1.82) is 0 Å². The van der Waals surface area contributed by atoms with E-state index in [0.717, 1.165) is 36.6 Å². The zero-order valence-electron chi connectivity index (χ0n) is 11.5. The summed E-state index contributed by atoms with van der Waals surface area (Å²) < 4.78 is 5.50. The molecule has 0 spiro atoms. The van der Waals surface area contributed by atoms with Crippen LogP contribution in [0.5, 0.6) is 0 Å². The molecule has 0 bridgehead atoms. The lowest BCUT2D eigenvalue weighted by Crippen LogP contribution is -2.28. The molecular weight excluding hydrogens is 232 g/mol. The summed E-state index contributed by atoms with van der Waals surface area (Å²) in [5.74, 6) is 2.52. The van der Waals surface area contributed by atoms with Gasteiger partial charge in [0.1, 0.15) is 0 Å². The molecule has 1 rings (SSSR count). The van der Waals surface area contributed by atoms with Crippen molar-refractivity contribution in [2.24, 2.45) is 16.8 Å². The fraction of sp³-hybridized carbons (Fsp3) is 0.923. The van der Waals surface area contributed by atoms with Crippen LogP contribution in [0.1, 0.15) is 34.1 Å². The first-order valence-corrected chi connectivity index (χ1v) is 7.58. The average Bonchev–Trinajstić information content (AvgIpc) is 2.63. The van der Waals surface area contributed by atoms with Crippen molar-refractivity contribution in [2.75, 3.05) is 25.5 Å². The number of hydrogen-bond acceptors (Lipinski definition) is 3. The Morgan fingerprint density at radius 1 is 1.35 bits per heavy atom. The van der Waals surface area contributed by atoms with Crippen LogP contribution in [0.25, 0.3) is 0 Å². The van der Waals surface area contributed by atoms with E-state index >= 15 is 0 Å². The zero-order chi connectivity index (χ0) is 12.7. The number of thioether (sulfide) groups is 1. The number of nitrogens with zero attached hydrogens (tertiary/aromatic N) is 1. The molecule has 1 aliphatic rings. The standard InChI is InChI=1S/C13H26N2OS/c1-10(2)7-12-9-17-13(15-12)14-5-6-16-8-11(3)4/h10-12H,5-9H2,1-4H3,(H,14,15). The lowest BCUT2D eigenvalue weighted by molar-refractivity contribution is 0.117. The van der Waals surface area contributed by atoms with Crippen LogP contribution in [0.4, 0.5) is 0 Å². The van der Waals surface area contributed by atoms with Gasteiger partial charge in [-0.1, -0.05) is 39.5 Å². The van der Waals surface area contributed by atoms with Gasteiger partial charge < -0.3 is 10.1 Å². The summed E-state index contributed by atoms with van der Waals surface area (Å²) in [5, 5.41) is 4.58. The molecular formula is C13H26N2OS. The SMILES string of the molecule is CC(C)COCCN=C1NC(CC(C)C)CS1. The van der Waals surface area contributed by atoms with Gasteiger partial charge >= 0.3 is 0 Å². The number of nitrogens with one attached hydrogen (secondary N) is 1. The molecule has 1 fully saturated rings. The van der Waals surface area contributed by atoms with Crippen LogP contribution in [-0.2, 0) is 4.74 Å². The van der Waals surface area contributed by atoms with Gasteiger partial charge in [0, 0.05) is 18.4 Å². The molecule has 0 saturated carbocycles.